The molecule has 1 aliphatic heterocycles. The van der Waals surface area contributed by atoms with Crippen molar-refractivity contribution in [2.45, 2.75) is 51.4 Å². The maximum Gasteiger partial charge on any atom is 0.411 e. The van der Waals surface area contributed by atoms with Gasteiger partial charge < -0.3 is 14.2 Å². The van der Waals surface area contributed by atoms with E-state index in [-0.39, 0.29) is 13.0 Å². The van der Waals surface area contributed by atoms with Crippen LogP contribution in [0.3, 0.4) is 0 Å². The van der Waals surface area contributed by atoms with E-state index in [0.717, 1.165) is 4.90 Å². The lowest BCUT2D eigenvalue weighted by atomic mass is 10.2. The third kappa shape index (κ3) is 5.45. The Morgan fingerprint density at radius 1 is 1.33 bits per heavy atom. The first-order valence-corrected chi connectivity index (χ1v) is 6.61. The van der Waals surface area contributed by atoms with Gasteiger partial charge in [-0.1, -0.05) is 0 Å². The van der Waals surface area contributed by atoms with Crippen molar-refractivity contribution in [1.29, 1.82) is 0 Å². The van der Waals surface area contributed by atoms with Gasteiger partial charge in [0.1, 0.15) is 18.2 Å². The van der Waals surface area contributed by atoms with E-state index < -0.39 is 42.8 Å². The molecule has 0 aromatic heterocycles. The molecule has 21 heavy (non-hydrogen) atoms. The molecule has 0 radical (unpaired) electrons. The summed E-state index contributed by atoms with van der Waals surface area (Å²) >= 11 is 0. The van der Waals surface area contributed by atoms with Gasteiger partial charge in [0.15, 0.2) is 0 Å². The van der Waals surface area contributed by atoms with Gasteiger partial charge in [-0.05, 0) is 20.8 Å². The molecule has 0 bridgehead atoms. The van der Waals surface area contributed by atoms with E-state index in [2.05, 4.69) is 4.74 Å². The molecule has 1 amide bonds. The standard InChI is InChI=1S/C13H21F2NO5/c1-13(2,3)21-12(18)16-6-8(20-7-10(14)15)5-9(16)11(17)19-4/h8-10H,5-7H2,1-4H3/t8-,9-/m0/s1. The Hall–Kier alpha value is -1.44. The zero-order valence-electron chi connectivity index (χ0n) is 12.6. The van der Waals surface area contributed by atoms with Crippen molar-refractivity contribution in [3.8, 4) is 0 Å². The monoisotopic (exact) mass is 309 g/mol. The summed E-state index contributed by atoms with van der Waals surface area (Å²) in [5, 5.41) is 0. The van der Waals surface area contributed by atoms with Crippen LogP contribution in [-0.4, -0.2) is 61.4 Å². The zero-order chi connectivity index (χ0) is 16.2. The molecule has 0 unspecified atom stereocenters. The van der Waals surface area contributed by atoms with Gasteiger partial charge in [-0.15, -0.1) is 0 Å². The van der Waals surface area contributed by atoms with Crippen LogP contribution in [0.4, 0.5) is 13.6 Å². The van der Waals surface area contributed by atoms with Gasteiger partial charge in [-0.2, -0.15) is 0 Å². The van der Waals surface area contributed by atoms with Gasteiger partial charge in [0.05, 0.1) is 19.8 Å². The van der Waals surface area contributed by atoms with E-state index in [1.165, 1.54) is 7.11 Å². The molecule has 6 nitrogen and oxygen atoms in total. The van der Waals surface area contributed by atoms with Gasteiger partial charge in [0.25, 0.3) is 6.43 Å². The lowest BCUT2D eigenvalue weighted by molar-refractivity contribution is -0.145. The first-order chi connectivity index (χ1) is 9.64. The number of rotatable bonds is 4. The van der Waals surface area contributed by atoms with Crippen LogP contribution >= 0.6 is 0 Å². The Morgan fingerprint density at radius 2 is 1.95 bits per heavy atom. The number of methoxy groups -OCH3 is 1. The summed E-state index contributed by atoms with van der Waals surface area (Å²) in [6.45, 7) is 4.36. The molecule has 1 heterocycles. The Balaban J connectivity index is 2.73. The second kappa shape index (κ2) is 7.02. The van der Waals surface area contributed by atoms with Crippen LogP contribution in [0.2, 0.25) is 0 Å². The maximum atomic E-state index is 12.2. The number of likely N-dealkylation sites (tertiary alicyclic amines) is 1. The minimum Gasteiger partial charge on any atom is -0.467 e. The fourth-order valence-corrected chi connectivity index (χ4v) is 2.01. The van der Waals surface area contributed by atoms with Crippen molar-refractivity contribution in [3.63, 3.8) is 0 Å². The Labute approximate surface area is 122 Å². The van der Waals surface area contributed by atoms with Gasteiger partial charge in [0.2, 0.25) is 0 Å². The smallest absolute Gasteiger partial charge is 0.411 e. The van der Waals surface area contributed by atoms with Crippen molar-refractivity contribution in [2.75, 3.05) is 20.3 Å². The first-order valence-electron chi connectivity index (χ1n) is 6.61. The number of nitrogens with zero attached hydrogens (tertiary/aromatic N) is 1. The van der Waals surface area contributed by atoms with Crippen LogP contribution in [0, 0.1) is 0 Å². The summed E-state index contributed by atoms with van der Waals surface area (Å²) in [5.41, 5.74) is -0.723. The van der Waals surface area contributed by atoms with Gasteiger partial charge in [-0.25, -0.2) is 18.4 Å². The minimum absolute atomic E-state index is 0.0153. The zero-order valence-corrected chi connectivity index (χ0v) is 12.6. The lowest BCUT2D eigenvalue weighted by Gasteiger charge is -2.27. The van der Waals surface area contributed by atoms with Crippen LogP contribution < -0.4 is 0 Å². The quantitative estimate of drug-likeness (QED) is 0.741. The summed E-state index contributed by atoms with van der Waals surface area (Å²) in [4.78, 5) is 24.9. The minimum atomic E-state index is -2.60. The van der Waals surface area contributed by atoms with Crippen molar-refractivity contribution in [1.82, 2.24) is 4.90 Å². The molecule has 1 aliphatic rings. The highest BCUT2D eigenvalue weighted by Gasteiger charge is 2.42. The molecular formula is C13H21F2NO5. The largest absolute Gasteiger partial charge is 0.467 e. The highest BCUT2D eigenvalue weighted by Crippen LogP contribution is 2.24. The van der Waals surface area contributed by atoms with Crippen LogP contribution in [0.25, 0.3) is 0 Å². The van der Waals surface area contributed by atoms with Crippen LogP contribution in [0.1, 0.15) is 27.2 Å². The molecule has 122 valence electrons. The van der Waals surface area contributed by atoms with Crippen molar-refractivity contribution >= 4 is 12.1 Å². The first kappa shape index (κ1) is 17.6. The van der Waals surface area contributed by atoms with E-state index in [4.69, 9.17) is 9.47 Å². The Morgan fingerprint density at radius 3 is 2.43 bits per heavy atom. The molecule has 0 aliphatic carbocycles. The summed E-state index contributed by atoms with van der Waals surface area (Å²) in [6.07, 6.45) is -3.83. The molecular weight excluding hydrogens is 288 g/mol. The summed E-state index contributed by atoms with van der Waals surface area (Å²) in [7, 11) is 1.20. The molecule has 0 spiro atoms. The second-order valence-electron chi connectivity index (χ2n) is 5.75. The highest BCUT2D eigenvalue weighted by atomic mass is 19.3. The molecule has 1 rings (SSSR count). The number of hydrogen-bond donors (Lipinski definition) is 0. The predicted molar refractivity (Wildman–Crippen MR) is 69.1 cm³/mol. The molecule has 0 saturated carbocycles. The lowest BCUT2D eigenvalue weighted by Crippen LogP contribution is -2.44. The molecule has 8 heteroatoms. The van der Waals surface area contributed by atoms with Crippen LogP contribution in [-0.2, 0) is 19.0 Å². The van der Waals surface area contributed by atoms with E-state index in [0.29, 0.717) is 0 Å². The number of amides is 1. The predicted octanol–water partition coefficient (Wildman–Crippen LogP) is 1.82. The molecule has 0 aromatic carbocycles. The van der Waals surface area contributed by atoms with Gasteiger partial charge in [-0.3, -0.25) is 4.90 Å². The topological polar surface area (TPSA) is 65.1 Å². The van der Waals surface area contributed by atoms with Crippen molar-refractivity contribution in [3.05, 3.63) is 0 Å². The van der Waals surface area contributed by atoms with Crippen molar-refractivity contribution in [2.24, 2.45) is 0 Å². The normalized spacial score (nSPS) is 22.5. The third-order valence-electron chi connectivity index (χ3n) is 2.82. The average Bonchev–Trinajstić information content (AvgIpc) is 2.77. The second-order valence-corrected chi connectivity index (χ2v) is 5.75. The summed E-state index contributed by atoms with van der Waals surface area (Å²) < 4.78 is 39.1. The molecule has 2 atom stereocenters. The van der Waals surface area contributed by atoms with Crippen molar-refractivity contribution < 1.29 is 32.6 Å². The molecule has 1 saturated heterocycles. The Bertz CT molecular complexity index is 383. The number of alkyl halides is 2. The maximum absolute atomic E-state index is 12.2. The number of halogens is 2. The van der Waals surface area contributed by atoms with E-state index >= 15 is 0 Å². The summed E-state index contributed by atoms with van der Waals surface area (Å²) in [5.74, 6) is -0.621. The fourth-order valence-electron chi connectivity index (χ4n) is 2.01. The number of carbonyl (C=O) groups is 2. The third-order valence-corrected chi connectivity index (χ3v) is 2.82. The van der Waals surface area contributed by atoms with E-state index in [9.17, 15) is 18.4 Å². The van der Waals surface area contributed by atoms with Crippen LogP contribution in [0.5, 0.6) is 0 Å². The van der Waals surface area contributed by atoms with Gasteiger partial charge in [0, 0.05) is 6.42 Å². The van der Waals surface area contributed by atoms with E-state index in [1.54, 1.807) is 20.8 Å². The molecule has 0 N–H and O–H groups in total. The highest BCUT2D eigenvalue weighted by molar-refractivity contribution is 5.82. The number of ether oxygens (including phenoxy) is 3. The van der Waals surface area contributed by atoms with Crippen LogP contribution in [0.15, 0.2) is 0 Å². The fraction of sp³-hybridized carbons (Fsp3) is 0.846. The average molecular weight is 309 g/mol. The Kier molecular flexibility index (Phi) is 5.88. The number of esters is 1. The number of carbonyl (C=O) groups excluding carboxylic acids is 2. The SMILES string of the molecule is COC(=O)[C@@H]1C[C@H](OCC(F)F)CN1C(=O)OC(C)(C)C. The van der Waals surface area contributed by atoms with E-state index in [1.807, 2.05) is 0 Å². The molecule has 1 fully saturated rings. The van der Waals surface area contributed by atoms with Gasteiger partial charge >= 0.3 is 12.1 Å². The summed E-state index contributed by atoms with van der Waals surface area (Å²) in [6, 6.07) is -0.882. The molecule has 0 aromatic rings. The number of hydrogen-bond acceptors (Lipinski definition) is 5.